The fourth-order valence-corrected chi connectivity index (χ4v) is 2.28. The predicted molar refractivity (Wildman–Crippen MR) is 74.4 cm³/mol. The van der Waals surface area contributed by atoms with Crippen LogP contribution in [0.4, 0.5) is 5.82 Å². The number of hydrogen-bond donors (Lipinski definition) is 1. The molecule has 4 nitrogen and oxygen atoms in total. The molecular formula is C14H18N4. The van der Waals surface area contributed by atoms with Gasteiger partial charge in [0.25, 0.3) is 0 Å². The third kappa shape index (κ3) is 2.30. The lowest BCUT2D eigenvalue weighted by Gasteiger charge is -2.32. The first-order chi connectivity index (χ1) is 8.83. The molecule has 0 atom stereocenters. The molecule has 2 heterocycles. The van der Waals surface area contributed by atoms with Crippen LogP contribution in [-0.2, 0) is 0 Å². The van der Waals surface area contributed by atoms with E-state index in [1.54, 1.807) is 0 Å². The zero-order valence-corrected chi connectivity index (χ0v) is 10.6. The third-order valence-electron chi connectivity index (χ3n) is 3.44. The van der Waals surface area contributed by atoms with E-state index in [0.29, 0.717) is 0 Å². The highest BCUT2D eigenvalue weighted by Crippen LogP contribution is 2.20. The smallest absolute Gasteiger partial charge is 0.148 e. The normalized spacial score (nSPS) is 18.1. The molecule has 1 N–H and O–H groups in total. The Morgan fingerprint density at radius 3 is 2.67 bits per heavy atom. The Morgan fingerprint density at radius 2 is 1.83 bits per heavy atom. The molecule has 1 saturated heterocycles. The summed E-state index contributed by atoms with van der Waals surface area (Å²) < 4.78 is 0. The van der Waals surface area contributed by atoms with Crippen LogP contribution < -0.4 is 5.43 Å². The first kappa shape index (κ1) is 11.4. The van der Waals surface area contributed by atoms with Crippen LogP contribution >= 0.6 is 0 Å². The van der Waals surface area contributed by atoms with Crippen molar-refractivity contribution in [1.29, 1.82) is 0 Å². The summed E-state index contributed by atoms with van der Waals surface area (Å²) in [5.41, 5.74) is 3.44. The molecule has 1 aliphatic rings. The Labute approximate surface area is 107 Å². The van der Waals surface area contributed by atoms with Gasteiger partial charge in [0, 0.05) is 37.8 Å². The molecule has 0 unspecified atom stereocenters. The Bertz CT molecular complexity index is 527. The maximum atomic E-state index is 4.45. The van der Waals surface area contributed by atoms with Crippen LogP contribution in [0, 0.1) is 0 Å². The van der Waals surface area contributed by atoms with Crippen LogP contribution in [-0.4, -0.2) is 48.1 Å². The standard InChI is InChI=1S/C14H18N4/c1-17-8-10-18(11-9-17)16-14-13-5-3-2-4-12(13)6-7-15-14/h2-7H,8-11H2,1H3,(H,15,16). The van der Waals surface area contributed by atoms with Crippen molar-refractivity contribution in [3.05, 3.63) is 36.5 Å². The molecule has 0 aliphatic carbocycles. The molecule has 0 bridgehead atoms. The van der Waals surface area contributed by atoms with E-state index < -0.39 is 0 Å². The first-order valence-corrected chi connectivity index (χ1v) is 6.37. The second-order valence-electron chi connectivity index (χ2n) is 4.78. The molecule has 1 aromatic carbocycles. The minimum Gasteiger partial charge on any atom is -0.304 e. The predicted octanol–water partition coefficient (Wildman–Crippen LogP) is 1.81. The minimum atomic E-state index is 0.956. The van der Waals surface area contributed by atoms with Crippen molar-refractivity contribution in [3.63, 3.8) is 0 Å². The number of benzene rings is 1. The van der Waals surface area contributed by atoms with Gasteiger partial charge in [0.05, 0.1) is 0 Å². The van der Waals surface area contributed by atoms with Crippen LogP contribution in [0.2, 0.25) is 0 Å². The Hall–Kier alpha value is -1.65. The molecule has 1 fully saturated rings. The van der Waals surface area contributed by atoms with E-state index in [0.717, 1.165) is 32.0 Å². The van der Waals surface area contributed by atoms with Crippen LogP contribution in [0.3, 0.4) is 0 Å². The van der Waals surface area contributed by atoms with Crippen molar-refractivity contribution >= 4 is 16.6 Å². The van der Waals surface area contributed by atoms with Crippen molar-refractivity contribution in [2.45, 2.75) is 0 Å². The number of rotatable bonds is 2. The van der Waals surface area contributed by atoms with E-state index in [4.69, 9.17) is 0 Å². The summed E-state index contributed by atoms with van der Waals surface area (Å²) in [5.74, 6) is 0.956. The maximum Gasteiger partial charge on any atom is 0.148 e. The molecule has 1 aromatic heterocycles. The lowest BCUT2D eigenvalue weighted by atomic mass is 10.2. The molecule has 0 saturated carbocycles. The van der Waals surface area contributed by atoms with Gasteiger partial charge in [0.15, 0.2) is 0 Å². The fraction of sp³-hybridized carbons (Fsp3) is 0.357. The van der Waals surface area contributed by atoms with Gasteiger partial charge in [-0.3, -0.25) is 0 Å². The van der Waals surface area contributed by atoms with Gasteiger partial charge in [-0.15, -0.1) is 0 Å². The minimum absolute atomic E-state index is 0.956. The van der Waals surface area contributed by atoms with Gasteiger partial charge < -0.3 is 10.3 Å². The van der Waals surface area contributed by atoms with E-state index in [9.17, 15) is 0 Å². The second-order valence-corrected chi connectivity index (χ2v) is 4.78. The number of nitrogens with one attached hydrogen (secondary N) is 1. The summed E-state index contributed by atoms with van der Waals surface area (Å²) in [6, 6.07) is 10.4. The van der Waals surface area contributed by atoms with Crippen LogP contribution in [0.5, 0.6) is 0 Å². The number of hydrazine groups is 1. The van der Waals surface area contributed by atoms with Crippen LogP contribution in [0.25, 0.3) is 10.8 Å². The quantitative estimate of drug-likeness (QED) is 0.870. The number of fused-ring (bicyclic) bond motifs is 1. The average Bonchev–Trinajstić information content (AvgIpc) is 2.42. The topological polar surface area (TPSA) is 31.4 Å². The van der Waals surface area contributed by atoms with E-state index in [1.807, 2.05) is 12.3 Å². The van der Waals surface area contributed by atoms with Crippen LogP contribution in [0.1, 0.15) is 0 Å². The number of anilines is 1. The number of pyridine rings is 1. The van der Waals surface area contributed by atoms with E-state index in [2.05, 4.69) is 51.6 Å². The largest absolute Gasteiger partial charge is 0.304 e. The second kappa shape index (κ2) is 4.92. The summed E-state index contributed by atoms with van der Waals surface area (Å²) in [6.07, 6.45) is 1.86. The lowest BCUT2D eigenvalue weighted by molar-refractivity contribution is 0.178. The molecule has 94 valence electrons. The lowest BCUT2D eigenvalue weighted by Crippen LogP contribution is -2.47. The number of likely N-dealkylation sites (N-methyl/N-ethyl adjacent to an activating group) is 1. The van der Waals surface area contributed by atoms with Crippen molar-refractivity contribution in [3.8, 4) is 0 Å². The zero-order chi connectivity index (χ0) is 12.4. The van der Waals surface area contributed by atoms with Crippen LogP contribution in [0.15, 0.2) is 36.5 Å². The average molecular weight is 242 g/mol. The molecule has 4 heteroatoms. The van der Waals surface area contributed by atoms with Gasteiger partial charge >= 0.3 is 0 Å². The molecule has 3 rings (SSSR count). The molecule has 0 spiro atoms. The third-order valence-corrected chi connectivity index (χ3v) is 3.44. The fourth-order valence-electron chi connectivity index (χ4n) is 2.28. The molecule has 2 aromatic rings. The van der Waals surface area contributed by atoms with Gasteiger partial charge in [-0.25, -0.2) is 9.99 Å². The SMILES string of the molecule is CN1CCN(Nc2nccc3ccccc23)CC1. The zero-order valence-electron chi connectivity index (χ0n) is 10.6. The highest BCUT2D eigenvalue weighted by molar-refractivity contribution is 5.91. The van der Waals surface area contributed by atoms with Gasteiger partial charge in [0.1, 0.15) is 5.82 Å². The molecule has 18 heavy (non-hydrogen) atoms. The summed E-state index contributed by atoms with van der Waals surface area (Å²) >= 11 is 0. The van der Waals surface area contributed by atoms with Crippen molar-refractivity contribution < 1.29 is 0 Å². The number of nitrogens with zero attached hydrogens (tertiary/aromatic N) is 3. The van der Waals surface area contributed by atoms with Crippen molar-refractivity contribution in [2.75, 3.05) is 38.7 Å². The Balaban J connectivity index is 1.82. The van der Waals surface area contributed by atoms with Gasteiger partial charge in [-0.05, 0) is 18.5 Å². The summed E-state index contributed by atoms with van der Waals surface area (Å²) in [6.45, 7) is 4.25. The maximum absolute atomic E-state index is 4.45. The molecule has 1 aliphatic heterocycles. The van der Waals surface area contributed by atoms with E-state index >= 15 is 0 Å². The molecular weight excluding hydrogens is 224 g/mol. The summed E-state index contributed by atoms with van der Waals surface area (Å²) in [7, 11) is 2.16. The number of piperazine rings is 1. The van der Waals surface area contributed by atoms with E-state index in [1.165, 1.54) is 10.8 Å². The summed E-state index contributed by atoms with van der Waals surface area (Å²) in [5, 5.41) is 4.65. The Kier molecular flexibility index (Phi) is 3.13. The van der Waals surface area contributed by atoms with Crippen molar-refractivity contribution in [2.24, 2.45) is 0 Å². The Morgan fingerprint density at radius 1 is 1.06 bits per heavy atom. The summed E-state index contributed by atoms with van der Waals surface area (Å²) in [4.78, 5) is 6.80. The van der Waals surface area contributed by atoms with E-state index in [-0.39, 0.29) is 0 Å². The molecule has 0 amide bonds. The van der Waals surface area contributed by atoms with Gasteiger partial charge in [0.2, 0.25) is 0 Å². The number of aromatic nitrogens is 1. The van der Waals surface area contributed by atoms with Gasteiger partial charge in [-0.1, -0.05) is 24.3 Å². The molecule has 0 radical (unpaired) electrons. The number of hydrogen-bond acceptors (Lipinski definition) is 4. The highest BCUT2D eigenvalue weighted by atomic mass is 15.5. The monoisotopic (exact) mass is 242 g/mol. The van der Waals surface area contributed by atoms with Crippen molar-refractivity contribution in [1.82, 2.24) is 14.9 Å². The van der Waals surface area contributed by atoms with Gasteiger partial charge in [-0.2, -0.15) is 0 Å². The first-order valence-electron chi connectivity index (χ1n) is 6.37. The highest BCUT2D eigenvalue weighted by Gasteiger charge is 2.14.